The highest BCUT2D eigenvalue weighted by atomic mass is 32.1. The fraction of sp³-hybridized carbons (Fsp3) is 0. The van der Waals surface area contributed by atoms with E-state index in [1.165, 1.54) is 90.2 Å². The Morgan fingerprint density at radius 1 is 0.309 bits per heavy atom. The molecule has 11 rings (SSSR count). The predicted molar refractivity (Wildman–Crippen MR) is 241 cm³/mol. The van der Waals surface area contributed by atoms with Crippen LogP contribution in [0.5, 0.6) is 0 Å². The standard InChI is InChI=1S/C52H33NS2/c1-3-15-34(16-4-1)37-31-32-46(40-20-8-7-19-39(37)40)53(47-25-14-28-50-51(47)44-22-10-12-27-49(44)54-50)36-29-30-38(35-17-5-2-6-18-35)45(33-36)43-24-13-23-42-41-21-9-11-26-48(41)55-52(42)43/h1-33H. The number of hydrogen-bond donors (Lipinski definition) is 0. The van der Waals surface area contributed by atoms with Crippen molar-refractivity contribution in [2.45, 2.75) is 0 Å². The second kappa shape index (κ2) is 13.1. The molecule has 0 aliphatic carbocycles. The zero-order valence-corrected chi connectivity index (χ0v) is 31.4. The summed E-state index contributed by atoms with van der Waals surface area (Å²) in [5.74, 6) is 0. The quantitative estimate of drug-likeness (QED) is 0.164. The maximum Gasteiger partial charge on any atom is 0.0555 e. The van der Waals surface area contributed by atoms with Gasteiger partial charge in [0.1, 0.15) is 0 Å². The predicted octanol–water partition coefficient (Wildman–Crippen LogP) is 16.0. The molecular weight excluding hydrogens is 703 g/mol. The summed E-state index contributed by atoms with van der Waals surface area (Å²) in [4.78, 5) is 2.52. The summed E-state index contributed by atoms with van der Waals surface area (Å²) < 4.78 is 5.20. The first kappa shape index (κ1) is 32.0. The zero-order valence-electron chi connectivity index (χ0n) is 29.8. The van der Waals surface area contributed by atoms with Gasteiger partial charge in [0.2, 0.25) is 0 Å². The highest BCUT2D eigenvalue weighted by Gasteiger charge is 2.23. The molecule has 9 aromatic carbocycles. The number of hydrogen-bond acceptors (Lipinski definition) is 3. The summed E-state index contributed by atoms with van der Waals surface area (Å²) in [6.07, 6.45) is 0. The first-order valence-corrected chi connectivity index (χ1v) is 20.3. The topological polar surface area (TPSA) is 3.24 Å². The minimum Gasteiger partial charge on any atom is -0.309 e. The Morgan fingerprint density at radius 2 is 0.891 bits per heavy atom. The molecule has 0 bridgehead atoms. The van der Waals surface area contributed by atoms with E-state index in [1.807, 2.05) is 22.7 Å². The Labute approximate surface area is 327 Å². The molecule has 258 valence electrons. The van der Waals surface area contributed by atoms with E-state index < -0.39 is 0 Å². The first-order valence-electron chi connectivity index (χ1n) is 18.7. The molecule has 0 atom stereocenters. The average molecular weight is 736 g/mol. The third-order valence-corrected chi connectivity index (χ3v) is 13.2. The van der Waals surface area contributed by atoms with Crippen LogP contribution in [-0.2, 0) is 0 Å². The lowest BCUT2D eigenvalue weighted by molar-refractivity contribution is 1.32. The normalized spacial score (nSPS) is 11.6. The maximum atomic E-state index is 2.52. The number of anilines is 3. The van der Waals surface area contributed by atoms with Crippen molar-refractivity contribution in [3.63, 3.8) is 0 Å². The largest absolute Gasteiger partial charge is 0.309 e. The van der Waals surface area contributed by atoms with E-state index in [0.717, 1.165) is 11.4 Å². The first-order chi connectivity index (χ1) is 27.3. The van der Waals surface area contributed by atoms with Crippen molar-refractivity contribution in [3.8, 4) is 33.4 Å². The van der Waals surface area contributed by atoms with Crippen LogP contribution in [0.2, 0.25) is 0 Å². The van der Waals surface area contributed by atoms with Crippen LogP contribution in [0.1, 0.15) is 0 Å². The van der Waals surface area contributed by atoms with E-state index in [2.05, 4.69) is 205 Å². The Kier molecular flexibility index (Phi) is 7.61. The van der Waals surface area contributed by atoms with E-state index in [9.17, 15) is 0 Å². The zero-order chi connectivity index (χ0) is 36.3. The van der Waals surface area contributed by atoms with Gasteiger partial charge in [-0.05, 0) is 75.7 Å². The fourth-order valence-corrected chi connectivity index (χ4v) is 10.8. The summed E-state index contributed by atoms with van der Waals surface area (Å²) in [5.41, 5.74) is 10.8. The molecule has 0 aliphatic heterocycles. The van der Waals surface area contributed by atoms with Crippen LogP contribution < -0.4 is 4.90 Å². The number of nitrogens with zero attached hydrogens (tertiary/aromatic N) is 1. The molecule has 0 unspecified atom stereocenters. The van der Waals surface area contributed by atoms with Crippen LogP contribution in [0, 0.1) is 0 Å². The molecule has 0 fully saturated rings. The number of fused-ring (bicyclic) bond motifs is 7. The van der Waals surface area contributed by atoms with Gasteiger partial charge in [0.25, 0.3) is 0 Å². The molecule has 2 aromatic heterocycles. The maximum absolute atomic E-state index is 2.52. The van der Waals surface area contributed by atoms with Gasteiger partial charge in [-0.15, -0.1) is 22.7 Å². The molecule has 1 nitrogen and oxygen atoms in total. The molecule has 0 saturated carbocycles. The van der Waals surface area contributed by atoms with E-state index >= 15 is 0 Å². The van der Waals surface area contributed by atoms with Gasteiger partial charge in [0.05, 0.1) is 11.4 Å². The summed E-state index contributed by atoms with van der Waals surface area (Å²) in [6.45, 7) is 0. The molecule has 3 heteroatoms. The van der Waals surface area contributed by atoms with Crippen molar-refractivity contribution >= 4 is 90.9 Å². The number of thiophene rings is 2. The van der Waals surface area contributed by atoms with Crippen molar-refractivity contribution in [3.05, 3.63) is 200 Å². The van der Waals surface area contributed by atoms with Crippen LogP contribution in [-0.4, -0.2) is 0 Å². The molecule has 2 heterocycles. The summed E-state index contributed by atoms with van der Waals surface area (Å²) in [7, 11) is 0. The summed E-state index contributed by atoms with van der Waals surface area (Å²) in [6, 6.07) is 73.5. The van der Waals surface area contributed by atoms with Gasteiger partial charge in [-0.1, -0.05) is 158 Å². The number of benzene rings is 9. The lowest BCUT2D eigenvalue weighted by Gasteiger charge is -2.29. The highest BCUT2D eigenvalue weighted by molar-refractivity contribution is 7.26. The van der Waals surface area contributed by atoms with Gasteiger partial charge in [-0.25, -0.2) is 0 Å². The second-order valence-corrected chi connectivity index (χ2v) is 16.1. The van der Waals surface area contributed by atoms with E-state index in [-0.39, 0.29) is 0 Å². The number of rotatable bonds is 6. The summed E-state index contributed by atoms with van der Waals surface area (Å²) in [5, 5.41) is 7.61. The van der Waals surface area contributed by atoms with Crippen LogP contribution in [0.4, 0.5) is 17.1 Å². The Bertz CT molecular complexity index is 3210. The Hall–Kier alpha value is -6.52. The highest BCUT2D eigenvalue weighted by Crippen LogP contribution is 2.50. The molecule has 0 spiro atoms. The van der Waals surface area contributed by atoms with Gasteiger partial charge in [-0.2, -0.15) is 0 Å². The molecule has 55 heavy (non-hydrogen) atoms. The molecule has 0 saturated heterocycles. The fourth-order valence-electron chi connectivity index (χ4n) is 8.42. The van der Waals surface area contributed by atoms with Crippen LogP contribution in [0.3, 0.4) is 0 Å². The molecule has 0 N–H and O–H groups in total. The van der Waals surface area contributed by atoms with Crippen LogP contribution in [0.25, 0.3) is 84.5 Å². The molecule has 0 amide bonds. The van der Waals surface area contributed by atoms with E-state index in [4.69, 9.17) is 0 Å². The molecule has 0 radical (unpaired) electrons. The molecular formula is C52H33NS2. The van der Waals surface area contributed by atoms with Gasteiger partial charge in [0, 0.05) is 57.0 Å². The third-order valence-electron chi connectivity index (χ3n) is 10.9. The van der Waals surface area contributed by atoms with Gasteiger partial charge < -0.3 is 4.90 Å². The lowest BCUT2D eigenvalue weighted by atomic mass is 9.92. The van der Waals surface area contributed by atoms with Crippen molar-refractivity contribution in [2.24, 2.45) is 0 Å². The SMILES string of the molecule is c1ccc(-c2ccc(N(c3ccc(-c4ccccc4)c4ccccc34)c3cccc4sc5ccccc5c34)cc2-c2cccc3c2sc2ccccc23)cc1. The second-order valence-electron chi connectivity index (χ2n) is 14.0. The molecule has 11 aromatic rings. The monoisotopic (exact) mass is 735 g/mol. The van der Waals surface area contributed by atoms with Crippen LogP contribution in [0.15, 0.2) is 200 Å². The van der Waals surface area contributed by atoms with Crippen molar-refractivity contribution in [1.82, 2.24) is 0 Å². The van der Waals surface area contributed by atoms with Gasteiger partial charge >= 0.3 is 0 Å². The van der Waals surface area contributed by atoms with E-state index in [1.54, 1.807) is 0 Å². The van der Waals surface area contributed by atoms with Gasteiger partial charge in [0.15, 0.2) is 0 Å². The molecule has 0 aliphatic rings. The minimum atomic E-state index is 1.12. The van der Waals surface area contributed by atoms with Gasteiger partial charge in [-0.3, -0.25) is 0 Å². The van der Waals surface area contributed by atoms with Crippen molar-refractivity contribution in [2.75, 3.05) is 4.90 Å². The van der Waals surface area contributed by atoms with E-state index in [0.29, 0.717) is 0 Å². The minimum absolute atomic E-state index is 1.12. The van der Waals surface area contributed by atoms with Crippen molar-refractivity contribution < 1.29 is 0 Å². The lowest BCUT2D eigenvalue weighted by Crippen LogP contribution is -2.11. The average Bonchev–Trinajstić information content (AvgIpc) is 3.84. The van der Waals surface area contributed by atoms with Crippen molar-refractivity contribution in [1.29, 1.82) is 0 Å². The smallest absolute Gasteiger partial charge is 0.0555 e. The Morgan fingerprint density at radius 3 is 1.67 bits per heavy atom. The summed E-state index contributed by atoms with van der Waals surface area (Å²) >= 11 is 3.75. The Balaban J connectivity index is 1.23. The van der Waals surface area contributed by atoms with Crippen LogP contribution >= 0.6 is 22.7 Å². The third kappa shape index (κ3) is 5.27.